The summed E-state index contributed by atoms with van der Waals surface area (Å²) < 4.78 is 6.06. The van der Waals surface area contributed by atoms with Gasteiger partial charge < -0.3 is 26.0 Å². The monoisotopic (exact) mass is 503 g/mol. The molecular formula is C17H21N5O7S3. The molecule has 5 N–H and O–H groups in total. The summed E-state index contributed by atoms with van der Waals surface area (Å²) in [5.41, 5.74) is 5.76. The predicted molar refractivity (Wildman–Crippen MR) is 116 cm³/mol. The molecule has 0 unspecified atom stereocenters. The van der Waals surface area contributed by atoms with E-state index in [9.17, 15) is 24.3 Å². The molecule has 0 saturated carbocycles. The van der Waals surface area contributed by atoms with E-state index < -0.39 is 40.9 Å². The molecule has 0 spiro atoms. The van der Waals surface area contributed by atoms with Crippen LogP contribution in [-0.4, -0.2) is 84.8 Å². The molecule has 2 aliphatic rings. The first-order valence-electron chi connectivity index (χ1n) is 9.35. The van der Waals surface area contributed by atoms with Gasteiger partial charge in [0, 0.05) is 25.0 Å². The van der Waals surface area contributed by atoms with Crippen molar-refractivity contribution in [1.82, 2.24) is 20.4 Å². The minimum Gasteiger partial charge on any atom is -0.480 e. The van der Waals surface area contributed by atoms with Gasteiger partial charge in [-0.1, -0.05) is 23.1 Å². The molecule has 174 valence electrons. The fourth-order valence-corrected chi connectivity index (χ4v) is 6.37. The molecule has 0 aromatic carbocycles. The van der Waals surface area contributed by atoms with Crippen LogP contribution in [0.5, 0.6) is 0 Å². The van der Waals surface area contributed by atoms with Crippen LogP contribution in [-0.2, 0) is 23.9 Å². The van der Waals surface area contributed by atoms with Crippen molar-refractivity contribution in [1.29, 1.82) is 0 Å². The summed E-state index contributed by atoms with van der Waals surface area (Å²) >= 11 is 3.95. The lowest BCUT2D eigenvalue weighted by Gasteiger charge is -2.55. The van der Waals surface area contributed by atoms with Crippen molar-refractivity contribution in [3.05, 3.63) is 16.8 Å². The molecule has 1 aromatic rings. The van der Waals surface area contributed by atoms with Crippen LogP contribution in [0.1, 0.15) is 19.3 Å². The van der Waals surface area contributed by atoms with E-state index in [1.807, 2.05) is 0 Å². The number of carbonyl (C=O) groups excluding carboxylic acids is 2. The highest BCUT2D eigenvalue weighted by Crippen LogP contribution is 2.47. The Bertz CT molecular complexity index is 941. The highest BCUT2D eigenvalue weighted by atomic mass is 32.2. The summed E-state index contributed by atoms with van der Waals surface area (Å²) in [5, 5.41) is 28.0. The van der Waals surface area contributed by atoms with E-state index in [1.54, 1.807) is 5.51 Å². The number of rotatable bonds is 11. The highest BCUT2D eigenvalue weighted by molar-refractivity contribution is 8.01. The maximum absolute atomic E-state index is 13.0. The number of β-lactam (4-membered cyclic amide) rings is 1. The molecule has 0 aliphatic carbocycles. The van der Waals surface area contributed by atoms with Crippen LogP contribution >= 0.6 is 34.9 Å². The van der Waals surface area contributed by atoms with E-state index in [1.165, 1.54) is 42.0 Å². The lowest BCUT2D eigenvalue weighted by atomic mass is 9.98. The van der Waals surface area contributed by atoms with E-state index >= 15 is 0 Å². The fraction of sp³-hybridized carbons (Fsp3) is 0.529. The van der Waals surface area contributed by atoms with E-state index in [4.69, 9.17) is 15.6 Å². The number of nitrogens with zero attached hydrogens (tertiary/aromatic N) is 3. The third kappa shape index (κ3) is 4.76. The first-order valence-corrected chi connectivity index (χ1v) is 12.3. The van der Waals surface area contributed by atoms with Crippen molar-refractivity contribution in [2.24, 2.45) is 5.73 Å². The van der Waals surface area contributed by atoms with Crippen LogP contribution in [0, 0.1) is 0 Å². The minimum absolute atomic E-state index is 0.0534. The van der Waals surface area contributed by atoms with E-state index in [-0.39, 0.29) is 25.0 Å². The summed E-state index contributed by atoms with van der Waals surface area (Å²) in [4.78, 5) is 49.3. The van der Waals surface area contributed by atoms with Gasteiger partial charge in [0.2, 0.25) is 5.91 Å². The smallest absolute Gasteiger partial charge is 0.352 e. The summed E-state index contributed by atoms with van der Waals surface area (Å²) in [6.07, 6.45) is 0.257. The number of nitrogens with two attached hydrogens (primary N) is 1. The number of fused-ring (bicyclic) bond motifs is 1. The third-order valence-corrected chi connectivity index (χ3v) is 8.23. The summed E-state index contributed by atoms with van der Waals surface area (Å²) in [5.74, 6) is -2.93. The van der Waals surface area contributed by atoms with Crippen molar-refractivity contribution in [2.75, 3.05) is 18.6 Å². The number of ether oxygens (including phenoxy) is 1. The second kappa shape index (κ2) is 10.2. The number of carbonyl (C=O) groups is 4. The van der Waals surface area contributed by atoms with Crippen LogP contribution in [0.25, 0.3) is 0 Å². The molecule has 3 atom stereocenters. The fourth-order valence-electron chi connectivity index (χ4n) is 3.30. The number of aliphatic carboxylic acids is 2. The Morgan fingerprint density at radius 2 is 2.22 bits per heavy atom. The number of carboxylic acid groups (broad SMARTS) is 2. The van der Waals surface area contributed by atoms with Gasteiger partial charge >= 0.3 is 11.9 Å². The number of thioether (sulfide) groups is 2. The van der Waals surface area contributed by atoms with Gasteiger partial charge in [0.15, 0.2) is 4.34 Å². The van der Waals surface area contributed by atoms with Crippen LogP contribution < -0.4 is 11.1 Å². The number of aromatic nitrogens is 2. The minimum atomic E-state index is -1.69. The van der Waals surface area contributed by atoms with Crippen molar-refractivity contribution in [2.45, 2.75) is 40.7 Å². The number of hydrogen-bond acceptors (Lipinski definition) is 11. The summed E-state index contributed by atoms with van der Waals surface area (Å²) in [6.45, 7) is 0. The molecule has 0 bridgehead atoms. The Morgan fingerprint density at radius 1 is 1.47 bits per heavy atom. The molecule has 2 amide bonds. The molecule has 32 heavy (non-hydrogen) atoms. The Balaban J connectivity index is 1.69. The van der Waals surface area contributed by atoms with Crippen LogP contribution in [0.4, 0.5) is 0 Å². The van der Waals surface area contributed by atoms with E-state index in [0.29, 0.717) is 21.4 Å². The van der Waals surface area contributed by atoms with E-state index in [0.717, 1.165) is 4.90 Å². The van der Waals surface area contributed by atoms with Gasteiger partial charge in [-0.15, -0.1) is 22.0 Å². The topological polar surface area (TPSA) is 185 Å². The van der Waals surface area contributed by atoms with Gasteiger partial charge in [0.05, 0.1) is 0 Å². The van der Waals surface area contributed by atoms with Gasteiger partial charge in [-0.2, -0.15) is 0 Å². The number of carboxylic acids is 2. The van der Waals surface area contributed by atoms with Crippen molar-refractivity contribution < 1.29 is 34.1 Å². The largest absolute Gasteiger partial charge is 0.480 e. The average molecular weight is 504 g/mol. The Morgan fingerprint density at radius 3 is 2.81 bits per heavy atom. The molecule has 1 fully saturated rings. The Labute approximate surface area is 194 Å². The first-order chi connectivity index (χ1) is 15.2. The molecule has 12 nitrogen and oxygen atoms in total. The normalized spacial score (nSPS) is 23.4. The lowest BCUT2D eigenvalue weighted by molar-refractivity contribution is -0.192. The van der Waals surface area contributed by atoms with Crippen LogP contribution in [0.2, 0.25) is 0 Å². The zero-order valence-electron chi connectivity index (χ0n) is 16.8. The van der Waals surface area contributed by atoms with Gasteiger partial charge in [0.1, 0.15) is 22.6 Å². The number of hydrogen-bond donors (Lipinski definition) is 4. The molecule has 1 aromatic heterocycles. The van der Waals surface area contributed by atoms with Crippen LogP contribution in [0.15, 0.2) is 21.1 Å². The van der Waals surface area contributed by atoms with Crippen LogP contribution in [0.3, 0.4) is 0 Å². The van der Waals surface area contributed by atoms with Gasteiger partial charge in [-0.3, -0.25) is 19.3 Å². The second-order valence-electron chi connectivity index (χ2n) is 6.91. The average Bonchev–Trinajstić information content (AvgIpc) is 3.28. The summed E-state index contributed by atoms with van der Waals surface area (Å²) in [6, 6.07) is -1.08. The quantitative estimate of drug-likeness (QED) is 0.179. The third-order valence-electron chi connectivity index (χ3n) is 4.91. The van der Waals surface area contributed by atoms with Gasteiger partial charge in [-0.05, 0) is 18.4 Å². The summed E-state index contributed by atoms with van der Waals surface area (Å²) in [7, 11) is 1.27. The molecular weight excluding hydrogens is 482 g/mol. The molecule has 15 heteroatoms. The standard InChI is InChI=1S/C17H21N5O7S3/c1-29-17(20-10(23)4-2-3-9(18)12(24)25)14(28)22-11(13(26)27)8(5-30-15(17)22)6-31-16-21-19-7-32-16/h7,9,15H,2-6,18H2,1H3,(H,20,23)(H,24,25)(H,26,27)/t9-,15-,17+/m1/s1. The number of amides is 2. The maximum atomic E-state index is 13.0. The first kappa shape index (κ1) is 24.4. The maximum Gasteiger partial charge on any atom is 0.352 e. The Hall–Kier alpha value is -2.20. The van der Waals surface area contributed by atoms with Crippen molar-refractivity contribution in [3.63, 3.8) is 0 Å². The molecule has 0 radical (unpaired) electrons. The SMILES string of the molecule is CO[C@@]1(NC(=O)CCC[C@@H](N)C(=O)O)C(=O)N2C(C(=O)O)=C(CSc3nncs3)CS[C@@H]21. The van der Waals surface area contributed by atoms with Gasteiger partial charge in [-0.25, -0.2) is 4.79 Å². The van der Waals surface area contributed by atoms with Crippen molar-refractivity contribution in [3.8, 4) is 0 Å². The highest BCUT2D eigenvalue weighted by Gasteiger charge is 2.66. The Kier molecular flexibility index (Phi) is 7.76. The van der Waals surface area contributed by atoms with E-state index in [2.05, 4.69) is 15.5 Å². The molecule has 1 saturated heterocycles. The van der Waals surface area contributed by atoms with Gasteiger partial charge in [0.25, 0.3) is 11.6 Å². The molecule has 3 rings (SSSR count). The predicted octanol–water partition coefficient (Wildman–Crippen LogP) is -0.0749. The molecule has 2 aliphatic heterocycles. The zero-order valence-corrected chi connectivity index (χ0v) is 19.3. The van der Waals surface area contributed by atoms with Crippen molar-refractivity contribution >= 4 is 58.6 Å². The number of methoxy groups -OCH3 is 1. The lowest BCUT2D eigenvalue weighted by Crippen LogP contribution is -2.80. The number of nitrogens with one attached hydrogen (secondary N) is 1. The second-order valence-corrected chi connectivity index (χ2v) is 10.0. The molecule has 3 heterocycles. The zero-order chi connectivity index (χ0) is 23.5.